The fraction of sp³-hybridized carbons (Fsp3) is 0.240. The molecule has 0 saturated heterocycles. The Hall–Kier alpha value is -4.65. The van der Waals surface area contributed by atoms with Crippen molar-refractivity contribution in [2.24, 2.45) is 4.99 Å². The minimum absolute atomic E-state index is 0.0731. The molecule has 3 N–H and O–H groups in total. The molecular weight excluding hydrogens is 450 g/mol. The normalized spacial score (nSPS) is 13.0. The van der Waals surface area contributed by atoms with Crippen LogP contribution >= 0.6 is 0 Å². The molecule has 0 saturated carbocycles. The van der Waals surface area contributed by atoms with E-state index in [0.717, 1.165) is 24.5 Å². The predicted octanol–water partition coefficient (Wildman–Crippen LogP) is 1.62. The molecule has 2 aromatic rings. The molecule has 0 bridgehead atoms. The molecule has 0 aliphatic carbocycles. The number of carbonyl (C=O) groups excluding carboxylic acids is 2. The summed E-state index contributed by atoms with van der Waals surface area (Å²) in [5.74, 6) is -0.978. The van der Waals surface area contributed by atoms with E-state index in [4.69, 9.17) is 4.74 Å². The Morgan fingerprint density at radius 1 is 1.23 bits per heavy atom. The summed E-state index contributed by atoms with van der Waals surface area (Å²) in [5, 5.41) is 23.5. The van der Waals surface area contributed by atoms with Gasteiger partial charge in [0.05, 0.1) is 24.7 Å². The zero-order valence-electron chi connectivity index (χ0n) is 19.4. The average Bonchev–Trinajstić information content (AvgIpc) is 3.27. The summed E-state index contributed by atoms with van der Waals surface area (Å²) >= 11 is 0. The number of carboxylic acids is 1. The summed E-state index contributed by atoms with van der Waals surface area (Å²) < 4.78 is 5.71. The van der Waals surface area contributed by atoms with Gasteiger partial charge in [-0.05, 0) is 36.4 Å². The highest BCUT2D eigenvalue weighted by atomic mass is 16.5. The number of likely N-dealkylation sites (N-methyl/N-ethyl adjacent to an activating group) is 1. The van der Waals surface area contributed by atoms with Gasteiger partial charge < -0.3 is 25.4 Å². The van der Waals surface area contributed by atoms with Gasteiger partial charge in [0, 0.05) is 37.2 Å². The number of carboxylic acid groups (broad SMARTS) is 1. The number of nitriles is 1. The Morgan fingerprint density at radius 2 is 1.97 bits per heavy atom. The molecule has 1 heterocycles. The van der Waals surface area contributed by atoms with Gasteiger partial charge in [-0.25, -0.2) is 4.79 Å². The highest BCUT2D eigenvalue weighted by Crippen LogP contribution is 2.23. The molecule has 10 nitrogen and oxygen atoms in total. The van der Waals surface area contributed by atoms with E-state index >= 15 is 0 Å². The van der Waals surface area contributed by atoms with E-state index in [1.165, 1.54) is 31.2 Å². The van der Waals surface area contributed by atoms with Gasteiger partial charge in [0.1, 0.15) is 23.9 Å². The summed E-state index contributed by atoms with van der Waals surface area (Å²) in [7, 11) is 1.97. The first-order valence-electron chi connectivity index (χ1n) is 10.8. The molecular formula is C25H25N5O5. The second-order valence-corrected chi connectivity index (χ2v) is 7.72. The summed E-state index contributed by atoms with van der Waals surface area (Å²) in [6.45, 7) is 3.08. The Labute approximate surface area is 202 Å². The maximum atomic E-state index is 12.5. The molecule has 2 aromatic carbocycles. The van der Waals surface area contributed by atoms with Crippen LogP contribution in [0.25, 0.3) is 6.08 Å². The lowest BCUT2D eigenvalue weighted by Gasteiger charge is -2.14. The Balaban J connectivity index is 1.62. The number of aliphatic carboxylic acids is 1. The molecule has 0 radical (unpaired) electrons. The number of nitrogens with one attached hydrogen (secondary N) is 2. The largest absolute Gasteiger partial charge is 0.491 e. The lowest BCUT2D eigenvalue weighted by molar-refractivity contribution is -0.134. The number of carbonyl (C=O) groups is 3. The molecule has 1 aliphatic rings. The maximum absolute atomic E-state index is 12.5. The number of amides is 2. The van der Waals surface area contributed by atoms with E-state index < -0.39 is 11.9 Å². The first kappa shape index (κ1) is 25.0. The van der Waals surface area contributed by atoms with Gasteiger partial charge >= 0.3 is 5.97 Å². The van der Waals surface area contributed by atoms with Gasteiger partial charge in [0.25, 0.3) is 5.91 Å². The van der Waals surface area contributed by atoms with Crippen molar-refractivity contribution < 1.29 is 24.2 Å². The van der Waals surface area contributed by atoms with Crippen LogP contribution in [0.2, 0.25) is 0 Å². The number of benzene rings is 2. The summed E-state index contributed by atoms with van der Waals surface area (Å²) in [4.78, 5) is 41.7. The van der Waals surface area contributed by atoms with Crippen molar-refractivity contribution in [1.82, 2.24) is 15.5 Å². The molecule has 0 atom stereocenters. The number of rotatable bonds is 9. The summed E-state index contributed by atoms with van der Waals surface area (Å²) in [6.07, 6.45) is 1.24. The third-order valence-corrected chi connectivity index (χ3v) is 5.09. The van der Waals surface area contributed by atoms with Gasteiger partial charge in [0.2, 0.25) is 5.91 Å². The Kier molecular flexibility index (Phi) is 8.19. The van der Waals surface area contributed by atoms with E-state index in [0.29, 0.717) is 16.7 Å². The molecule has 0 fully saturated rings. The third-order valence-electron chi connectivity index (χ3n) is 5.09. The molecule has 0 unspecified atom stereocenters. The zero-order valence-corrected chi connectivity index (χ0v) is 19.4. The number of amidine groups is 1. The van der Waals surface area contributed by atoms with Crippen LogP contribution in [-0.2, 0) is 9.59 Å². The van der Waals surface area contributed by atoms with Crippen molar-refractivity contribution in [3.63, 3.8) is 0 Å². The number of hydrogen-bond donors (Lipinski definition) is 3. The van der Waals surface area contributed by atoms with E-state index in [-0.39, 0.29) is 30.5 Å². The second kappa shape index (κ2) is 11.5. The number of ether oxygens (including phenoxy) is 1. The van der Waals surface area contributed by atoms with E-state index in [1.54, 1.807) is 12.1 Å². The fourth-order valence-corrected chi connectivity index (χ4v) is 3.39. The van der Waals surface area contributed by atoms with Crippen LogP contribution in [0.4, 0.5) is 0 Å². The van der Waals surface area contributed by atoms with Crippen LogP contribution < -0.4 is 15.4 Å². The topological polar surface area (TPSA) is 144 Å². The summed E-state index contributed by atoms with van der Waals surface area (Å²) in [5.41, 5.74) is 1.78. The van der Waals surface area contributed by atoms with Crippen molar-refractivity contribution in [1.29, 1.82) is 5.26 Å². The Morgan fingerprint density at radius 3 is 2.57 bits per heavy atom. The standard InChI is InChI=1S/C25H25N5O5/c1-16(31)29-21(25(33)34)14-20-4-3-17(15-26)13-22(20)35-12-10-28-24(32)19-7-5-18(6-8-19)23-27-9-11-30(23)2/h3-8,13-14H,9-12H2,1-2H3,(H,28,32)(H,29,31)(H,33,34). The lowest BCUT2D eigenvalue weighted by atomic mass is 10.1. The molecule has 3 rings (SSSR count). The van der Waals surface area contributed by atoms with Gasteiger partial charge in [-0.3, -0.25) is 14.6 Å². The molecule has 2 amide bonds. The van der Waals surface area contributed by atoms with Crippen LogP contribution in [0.15, 0.2) is 53.2 Å². The van der Waals surface area contributed by atoms with Crippen molar-refractivity contribution in [2.45, 2.75) is 6.92 Å². The molecule has 35 heavy (non-hydrogen) atoms. The first-order chi connectivity index (χ1) is 16.8. The highest BCUT2D eigenvalue weighted by Gasteiger charge is 2.15. The third kappa shape index (κ3) is 6.68. The number of aliphatic imine (C=N–C) groups is 1. The first-order valence-corrected chi connectivity index (χ1v) is 10.8. The quantitative estimate of drug-likeness (QED) is 0.369. The molecule has 10 heteroatoms. The SMILES string of the molecule is CC(=O)NC(=Cc1ccc(C#N)cc1OCCNC(=O)c1ccc(C2=NCCN2C)cc1)C(=O)O. The smallest absolute Gasteiger partial charge is 0.352 e. The lowest BCUT2D eigenvalue weighted by Crippen LogP contribution is -2.28. The van der Waals surface area contributed by atoms with Gasteiger partial charge in [0.15, 0.2) is 0 Å². The van der Waals surface area contributed by atoms with Crippen LogP contribution in [0.3, 0.4) is 0 Å². The minimum atomic E-state index is -1.32. The van der Waals surface area contributed by atoms with Crippen LogP contribution in [0.1, 0.15) is 34.0 Å². The van der Waals surface area contributed by atoms with Crippen LogP contribution in [0.5, 0.6) is 5.75 Å². The Bertz CT molecular complexity index is 1230. The van der Waals surface area contributed by atoms with E-state index in [9.17, 15) is 24.8 Å². The van der Waals surface area contributed by atoms with Gasteiger partial charge in [-0.1, -0.05) is 12.1 Å². The summed E-state index contributed by atoms with van der Waals surface area (Å²) in [6, 6.07) is 13.6. The monoisotopic (exact) mass is 475 g/mol. The van der Waals surface area contributed by atoms with Crippen molar-refractivity contribution in [3.05, 3.63) is 70.4 Å². The molecule has 1 aliphatic heterocycles. The minimum Gasteiger partial charge on any atom is -0.491 e. The molecule has 0 spiro atoms. The van der Waals surface area contributed by atoms with Gasteiger partial charge in [-0.15, -0.1) is 0 Å². The van der Waals surface area contributed by atoms with Crippen LogP contribution in [-0.4, -0.2) is 66.9 Å². The maximum Gasteiger partial charge on any atom is 0.352 e. The molecule has 0 aromatic heterocycles. The second-order valence-electron chi connectivity index (χ2n) is 7.72. The zero-order chi connectivity index (χ0) is 25.4. The van der Waals surface area contributed by atoms with Crippen LogP contribution in [0, 0.1) is 11.3 Å². The average molecular weight is 476 g/mol. The van der Waals surface area contributed by atoms with E-state index in [2.05, 4.69) is 20.5 Å². The van der Waals surface area contributed by atoms with E-state index in [1.807, 2.05) is 25.2 Å². The van der Waals surface area contributed by atoms with Crippen molar-refractivity contribution in [2.75, 3.05) is 33.3 Å². The van der Waals surface area contributed by atoms with Gasteiger partial charge in [-0.2, -0.15) is 5.26 Å². The number of nitrogens with zero attached hydrogens (tertiary/aromatic N) is 3. The predicted molar refractivity (Wildman–Crippen MR) is 129 cm³/mol. The fourth-order valence-electron chi connectivity index (χ4n) is 3.39. The number of hydrogen-bond acceptors (Lipinski definition) is 7. The highest BCUT2D eigenvalue weighted by molar-refractivity contribution is 6.01. The van der Waals surface area contributed by atoms with Crippen molar-refractivity contribution >= 4 is 29.7 Å². The van der Waals surface area contributed by atoms with Crippen molar-refractivity contribution in [3.8, 4) is 11.8 Å². The molecule has 180 valence electrons.